The van der Waals surface area contributed by atoms with Crippen molar-refractivity contribution < 1.29 is 14.3 Å². The SMILES string of the molecule is O=C1c2ccc(Oc3ccc(Br)cc3)cc2C(=O)N1c1ccccc1Cl. The van der Waals surface area contributed by atoms with E-state index in [-0.39, 0.29) is 0 Å². The highest BCUT2D eigenvalue weighted by atomic mass is 79.9. The predicted octanol–water partition coefficient (Wildman–Crippen LogP) is 5.70. The number of amides is 2. The lowest BCUT2D eigenvalue weighted by atomic mass is 10.1. The summed E-state index contributed by atoms with van der Waals surface area (Å²) < 4.78 is 6.72. The molecule has 0 unspecified atom stereocenters. The number of carbonyl (C=O) groups is 2. The van der Waals surface area contributed by atoms with Crippen molar-refractivity contribution in [2.24, 2.45) is 0 Å². The highest BCUT2D eigenvalue weighted by molar-refractivity contribution is 9.10. The minimum absolute atomic E-state index is 0.296. The summed E-state index contributed by atoms with van der Waals surface area (Å²) in [5.74, 6) is 0.300. The molecule has 0 saturated carbocycles. The van der Waals surface area contributed by atoms with Crippen LogP contribution in [-0.4, -0.2) is 11.8 Å². The largest absolute Gasteiger partial charge is 0.457 e. The molecule has 3 aromatic carbocycles. The zero-order chi connectivity index (χ0) is 18.3. The molecule has 0 fully saturated rings. The Morgan fingerprint density at radius 3 is 2.19 bits per heavy atom. The Bertz CT molecular complexity index is 1030. The molecule has 1 heterocycles. The third-order valence-electron chi connectivity index (χ3n) is 4.00. The van der Waals surface area contributed by atoms with Crippen molar-refractivity contribution in [1.29, 1.82) is 0 Å². The van der Waals surface area contributed by atoms with Crippen molar-refractivity contribution in [1.82, 2.24) is 0 Å². The lowest BCUT2D eigenvalue weighted by molar-refractivity contribution is 0.0926. The van der Waals surface area contributed by atoms with Gasteiger partial charge in [-0.3, -0.25) is 9.59 Å². The number of anilines is 1. The monoisotopic (exact) mass is 427 g/mol. The Morgan fingerprint density at radius 2 is 1.46 bits per heavy atom. The summed E-state index contributed by atoms with van der Waals surface area (Å²) in [6.07, 6.45) is 0. The van der Waals surface area contributed by atoms with Crippen LogP contribution in [0.15, 0.2) is 71.2 Å². The number of benzene rings is 3. The number of halogens is 2. The minimum atomic E-state index is -0.417. The molecule has 26 heavy (non-hydrogen) atoms. The molecule has 0 aromatic heterocycles. The van der Waals surface area contributed by atoms with Gasteiger partial charge in [0, 0.05) is 4.47 Å². The zero-order valence-electron chi connectivity index (χ0n) is 13.3. The highest BCUT2D eigenvalue weighted by Crippen LogP contribution is 2.35. The third kappa shape index (κ3) is 2.89. The Kier molecular flexibility index (Phi) is 4.26. The molecule has 4 rings (SSSR count). The van der Waals surface area contributed by atoms with Crippen molar-refractivity contribution in [3.8, 4) is 11.5 Å². The molecule has 0 saturated heterocycles. The molecule has 0 bridgehead atoms. The molecule has 128 valence electrons. The van der Waals surface area contributed by atoms with E-state index >= 15 is 0 Å². The van der Waals surface area contributed by atoms with Gasteiger partial charge in [0.15, 0.2) is 0 Å². The maximum atomic E-state index is 12.8. The molecule has 3 aromatic rings. The summed E-state index contributed by atoms with van der Waals surface area (Å²) in [7, 11) is 0. The van der Waals surface area contributed by atoms with Gasteiger partial charge in [-0.05, 0) is 54.6 Å². The average Bonchev–Trinajstić information content (AvgIpc) is 2.88. The number of para-hydroxylation sites is 1. The first-order valence-corrected chi connectivity index (χ1v) is 8.92. The molecule has 1 aliphatic heterocycles. The van der Waals surface area contributed by atoms with E-state index in [2.05, 4.69) is 15.9 Å². The second kappa shape index (κ2) is 6.59. The number of hydrogen-bond acceptors (Lipinski definition) is 3. The van der Waals surface area contributed by atoms with Crippen LogP contribution in [-0.2, 0) is 0 Å². The quantitative estimate of drug-likeness (QED) is 0.503. The van der Waals surface area contributed by atoms with E-state index in [1.165, 1.54) is 0 Å². The van der Waals surface area contributed by atoms with Crippen LogP contribution in [0.4, 0.5) is 5.69 Å². The van der Waals surface area contributed by atoms with E-state index < -0.39 is 11.8 Å². The Morgan fingerprint density at radius 1 is 0.808 bits per heavy atom. The number of hydrogen-bond donors (Lipinski definition) is 0. The van der Waals surface area contributed by atoms with Gasteiger partial charge in [0.25, 0.3) is 11.8 Å². The molecule has 0 atom stereocenters. The Labute approximate surface area is 163 Å². The van der Waals surface area contributed by atoms with Gasteiger partial charge in [-0.15, -0.1) is 0 Å². The van der Waals surface area contributed by atoms with E-state index in [0.29, 0.717) is 33.3 Å². The predicted molar refractivity (Wildman–Crippen MR) is 103 cm³/mol. The Balaban J connectivity index is 1.68. The standard InChI is InChI=1S/C20H11BrClNO3/c21-12-5-7-13(8-6-12)26-14-9-10-15-16(11-14)20(25)23(19(15)24)18-4-2-1-3-17(18)22/h1-11H. The van der Waals surface area contributed by atoms with E-state index in [0.717, 1.165) is 9.37 Å². The summed E-state index contributed by atoms with van der Waals surface area (Å²) in [5.41, 5.74) is 0.998. The maximum absolute atomic E-state index is 12.8. The van der Waals surface area contributed by atoms with E-state index in [1.54, 1.807) is 54.6 Å². The lowest BCUT2D eigenvalue weighted by Gasteiger charge is -2.15. The third-order valence-corrected chi connectivity index (χ3v) is 4.85. The molecule has 1 aliphatic rings. The Hall–Kier alpha value is -2.63. The van der Waals surface area contributed by atoms with Gasteiger partial charge in [0.2, 0.25) is 0 Å². The maximum Gasteiger partial charge on any atom is 0.266 e. The molecule has 4 nitrogen and oxygen atoms in total. The van der Waals surface area contributed by atoms with E-state index in [1.807, 2.05) is 12.1 Å². The van der Waals surface area contributed by atoms with Crippen molar-refractivity contribution in [3.63, 3.8) is 0 Å². The van der Waals surface area contributed by atoms with Crippen LogP contribution in [0.1, 0.15) is 20.7 Å². The first-order valence-electron chi connectivity index (χ1n) is 7.75. The van der Waals surface area contributed by atoms with Crippen molar-refractivity contribution >= 4 is 45.0 Å². The normalized spacial score (nSPS) is 13.1. The lowest BCUT2D eigenvalue weighted by Crippen LogP contribution is -2.29. The number of rotatable bonds is 3. The van der Waals surface area contributed by atoms with Gasteiger partial charge < -0.3 is 4.74 Å². The molecule has 0 radical (unpaired) electrons. The van der Waals surface area contributed by atoms with Crippen LogP contribution >= 0.6 is 27.5 Å². The van der Waals surface area contributed by atoms with Crippen LogP contribution in [0.2, 0.25) is 5.02 Å². The first-order chi connectivity index (χ1) is 12.5. The molecule has 2 amide bonds. The molecular weight excluding hydrogens is 418 g/mol. The van der Waals surface area contributed by atoms with Crippen molar-refractivity contribution in [2.45, 2.75) is 0 Å². The number of nitrogens with zero attached hydrogens (tertiary/aromatic N) is 1. The van der Waals surface area contributed by atoms with E-state index in [9.17, 15) is 9.59 Å². The van der Waals surface area contributed by atoms with Crippen LogP contribution in [0.25, 0.3) is 0 Å². The number of fused-ring (bicyclic) bond motifs is 1. The second-order valence-electron chi connectivity index (χ2n) is 5.66. The molecule has 0 N–H and O–H groups in total. The van der Waals surface area contributed by atoms with Gasteiger partial charge in [-0.1, -0.05) is 39.7 Å². The van der Waals surface area contributed by atoms with Gasteiger partial charge in [0.1, 0.15) is 11.5 Å². The highest BCUT2D eigenvalue weighted by Gasteiger charge is 2.37. The number of ether oxygens (including phenoxy) is 1. The summed E-state index contributed by atoms with van der Waals surface area (Å²) in [6, 6.07) is 18.9. The summed E-state index contributed by atoms with van der Waals surface area (Å²) in [5, 5.41) is 0.341. The topological polar surface area (TPSA) is 46.6 Å². The first kappa shape index (κ1) is 16.8. The fourth-order valence-corrected chi connectivity index (χ4v) is 3.26. The average molecular weight is 429 g/mol. The van der Waals surface area contributed by atoms with Gasteiger partial charge >= 0.3 is 0 Å². The van der Waals surface area contributed by atoms with Gasteiger partial charge in [-0.25, -0.2) is 4.90 Å². The second-order valence-corrected chi connectivity index (χ2v) is 6.98. The smallest absolute Gasteiger partial charge is 0.266 e. The van der Waals surface area contributed by atoms with Crippen LogP contribution in [0.5, 0.6) is 11.5 Å². The summed E-state index contributed by atoms with van der Waals surface area (Å²) >= 11 is 9.52. The summed E-state index contributed by atoms with van der Waals surface area (Å²) in [6.45, 7) is 0. The molecule has 6 heteroatoms. The molecular formula is C20H11BrClNO3. The van der Waals surface area contributed by atoms with Crippen molar-refractivity contribution in [3.05, 3.63) is 87.4 Å². The zero-order valence-corrected chi connectivity index (χ0v) is 15.6. The number of imide groups is 1. The minimum Gasteiger partial charge on any atom is -0.457 e. The molecule has 0 aliphatic carbocycles. The van der Waals surface area contributed by atoms with Crippen LogP contribution < -0.4 is 9.64 Å². The van der Waals surface area contributed by atoms with Crippen LogP contribution in [0.3, 0.4) is 0 Å². The fraction of sp³-hybridized carbons (Fsp3) is 0. The van der Waals surface area contributed by atoms with E-state index in [4.69, 9.17) is 16.3 Å². The summed E-state index contributed by atoms with van der Waals surface area (Å²) in [4.78, 5) is 26.6. The van der Waals surface area contributed by atoms with Gasteiger partial charge in [-0.2, -0.15) is 0 Å². The fourth-order valence-electron chi connectivity index (χ4n) is 2.77. The van der Waals surface area contributed by atoms with Gasteiger partial charge in [0.05, 0.1) is 21.8 Å². The molecule has 0 spiro atoms. The number of carbonyl (C=O) groups excluding carboxylic acids is 2. The van der Waals surface area contributed by atoms with Crippen molar-refractivity contribution in [2.75, 3.05) is 4.90 Å². The van der Waals surface area contributed by atoms with Crippen LogP contribution in [0, 0.1) is 0 Å².